The zero-order valence-corrected chi connectivity index (χ0v) is 11.9. The molecule has 1 aromatic rings. The smallest absolute Gasteiger partial charge is 0.322 e. The summed E-state index contributed by atoms with van der Waals surface area (Å²) in [4.78, 5) is 11.5. The van der Waals surface area contributed by atoms with Gasteiger partial charge in [-0.25, -0.2) is 0 Å². The van der Waals surface area contributed by atoms with Crippen LogP contribution in [0.1, 0.15) is 43.4 Å². The molecule has 18 heavy (non-hydrogen) atoms. The van der Waals surface area contributed by atoms with Crippen LogP contribution in [0.3, 0.4) is 0 Å². The highest BCUT2D eigenvalue weighted by atomic mass is 16.5. The molecule has 0 heterocycles. The fraction of sp³-hybridized carbons (Fsp3) is 0.533. The molecule has 0 radical (unpaired) electrons. The van der Waals surface area contributed by atoms with Gasteiger partial charge in [0.15, 0.2) is 0 Å². The topological polar surface area (TPSA) is 52.3 Å². The predicted molar refractivity (Wildman–Crippen MR) is 73.5 cm³/mol. The van der Waals surface area contributed by atoms with E-state index in [1.807, 2.05) is 13.0 Å². The minimum Gasteiger partial charge on any atom is -0.461 e. The average Bonchev–Trinajstić information content (AvgIpc) is 2.28. The van der Waals surface area contributed by atoms with Crippen molar-refractivity contribution >= 4 is 5.97 Å². The first kappa shape index (κ1) is 14.7. The maximum absolute atomic E-state index is 11.5. The van der Waals surface area contributed by atoms with Gasteiger partial charge in [-0.1, -0.05) is 25.1 Å². The summed E-state index contributed by atoms with van der Waals surface area (Å²) in [5.74, 6) is -0.186. The number of esters is 1. The molecule has 3 nitrogen and oxygen atoms in total. The van der Waals surface area contributed by atoms with E-state index < -0.39 is 6.04 Å². The van der Waals surface area contributed by atoms with E-state index in [9.17, 15) is 4.79 Å². The van der Waals surface area contributed by atoms with Crippen LogP contribution in [0.5, 0.6) is 0 Å². The Morgan fingerprint density at radius 3 is 2.11 bits per heavy atom. The Balaban J connectivity index is 2.87. The van der Waals surface area contributed by atoms with Crippen molar-refractivity contribution in [1.29, 1.82) is 0 Å². The van der Waals surface area contributed by atoms with Gasteiger partial charge in [0.05, 0.1) is 0 Å². The van der Waals surface area contributed by atoms with E-state index in [1.165, 1.54) is 16.7 Å². The van der Waals surface area contributed by atoms with Crippen LogP contribution in [0.4, 0.5) is 0 Å². The molecule has 100 valence electrons. The van der Waals surface area contributed by atoms with Gasteiger partial charge in [-0.15, -0.1) is 0 Å². The van der Waals surface area contributed by atoms with Crippen molar-refractivity contribution in [2.75, 3.05) is 0 Å². The quantitative estimate of drug-likeness (QED) is 0.835. The molecule has 2 N–H and O–H groups in total. The Hall–Kier alpha value is -1.35. The SMILES string of the molecule is Cc1cccc(C)c1[C@@H](C)[C@@H](C)OC(=O)[C@H](C)N. The minimum atomic E-state index is -0.572. The molecule has 0 spiro atoms. The predicted octanol–water partition coefficient (Wildman–Crippen LogP) is 2.69. The summed E-state index contributed by atoms with van der Waals surface area (Å²) in [5.41, 5.74) is 9.22. The van der Waals surface area contributed by atoms with E-state index in [2.05, 4.69) is 32.9 Å². The van der Waals surface area contributed by atoms with Crippen LogP contribution in [0.2, 0.25) is 0 Å². The Bertz CT molecular complexity index is 406. The third-order valence-electron chi connectivity index (χ3n) is 3.38. The van der Waals surface area contributed by atoms with Crippen LogP contribution < -0.4 is 5.73 Å². The van der Waals surface area contributed by atoms with Crippen molar-refractivity contribution in [1.82, 2.24) is 0 Å². The van der Waals surface area contributed by atoms with Gasteiger partial charge in [0.2, 0.25) is 0 Å². The number of hydrogen-bond acceptors (Lipinski definition) is 3. The Kier molecular flexibility index (Phi) is 4.91. The van der Waals surface area contributed by atoms with E-state index in [0.29, 0.717) is 0 Å². The molecule has 1 aromatic carbocycles. The third-order valence-corrected chi connectivity index (χ3v) is 3.38. The Labute approximate surface area is 109 Å². The third kappa shape index (κ3) is 3.33. The fourth-order valence-corrected chi connectivity index (χ4v) is 2.17. The van der Waals surface area contributed by atoms with Crippen molar-refractivity contribution in [3.8, 4) is 0 Å². The zero-order valence-electron chi connectivity index (χ0n) is 11.9. The number of rotatable bonds is 4. The molecule has 0 amide bonds. The highest BCUT2D eigenvalue weighted by molar-refractivity contribution is 5.75. The first-order valence-corrected chi connectivity index (χ1v) is 6.36. The number of carbonyl (C=O) groups is 1. The van der Waals surface area contributed by atoms with Gasteiger partial charge in [0.25, 0.3) is 0 Å². The largest absolute Gasteiger partial charge is 0.461 e. The molecular weight excluding hydrogens is 226 g/mol. The van der Waals surface area contributed by atoms with E-state index >= 15 is 0 Å². The van der Waals surface area contributed by atoms with Crippen LogP contribution in [-0.2, 0) is 9.53 Å². The molecule has 3 atom stereocenters. The normalized spacial score (nSPS) is 15.9. The summed E-state index contributed by atoms with van der Waals surface area (Å²) in [5, 5.41) is 0. The van der Waals surface area contributed by atoms with Crippen LogP contribution in [0.25, 0.3) is 0 Å². The molecule has 0 unspecified atom stereocenters. The lowest BCUT2D eigenvalue weighted by Crippen LogP contribution is -2.33. The first-order valence-electron chi connectivity index (χ1n) is 6.36. The number of nitrogens with two attached hydrogens (primary N) is 1. The van der Waals surface area contributed by atoms with Crippen molar-refractivity contribution in [2.24, 2.45) is 5.73 Å². The van der Waals surface area contributed by atoms with Crippen molar-refractivity contribution in [3.05, 3.63) is 34.9 Å². The molecular formula is C15H23NO2. The molecule has 1 rings (SSSR count). The lowest BCUT2D eigenvalue weighted by Gasteiger charge is -2.24. The summed E-state index contributed by atoms with van der Waals surface area (Å²) in [6, 6.07) is 5.63. The van der Waals surface area contributed by atoms with Crippen LogP contribution >= 0.6 is 0 Å². The molecule has 0 saturated carbocycles. The summed E-state index contributed by atoms with van der Waals surface area (Å²) in [7, 11) is 0. The Morgan fingerprint density at radius 2 is 1.67 bits per heavy atom. The van der Waals surface area contributed by atoms with E-state index in [1.54, 1.807) is 6.92 Å². The molecule has 0 fully saturated rings. The number of benzene rings is 1. The second kappa shape index (κ2) is 6.01. The van der Waals surface area contributed by atoms with Crippen LogP contribution in [0.15, 0.2) is 18.2 Å². The molecule has 0 aliphatic rings. The monoisotopic (exact) mass is 249 g/mol. The zero-order chi connectivity index (χ0) is 13.9. The second-order valence-corrected chi connectivity index (χ2v) is 5.02. The molecule has 0 aliphatic carbocycles. The van der Waals surface area contributed by atoms with Gasteiger partial charge in [0, 0.05) is 5.92 Å². The van der Waals surface area contributed by atoms with Gasteiger partial charge in [-0.2, -0.15) is 0 Å². The number of aryl methyl sites for hydroxylation is 2. The van der Waals surface area contributed by atoms with Gasteiger partial charge in [0.1, 0.15) is 12.1 Å². The summed E-state index contributed by atoms with van der Waals surface area (Å²) < 4.78 is 5.37. The average molecular weight is 249 g/mol. The van der Waals surface area contributed by atoms with Gasteiger partial charge < -0.3 is 10.5 Å². The van der Waals surface area contributed by atoms with E-state index in [4.69, 9.17) is 10.5 Å². The van der Waals surface area contributed by atoms with Crippen LogP contribution in [0, 0.1) is 13.8 Å². The summed E-state index contributed by atoms with van der Waals surface area (Å²) >= 11 is 0. The molecule has 3 heteroatoms. The van der Waals surface area contributed by atoms with Crippen LogP contribution in [-0.4, -0.2) is 18.1 Å². The van der Waals surface area contributed by atoms with Crippen molar-refractivity contribution in [3.63, 3.8) is 0 Å². The van der Waals surface area contributed by atoms with E-state index in [0.717, 1.165) is 0 Å². The molecule has 0 aromatic heterocycles. The van der Waals surface area contributed by atoms with E-state index in [-0.39, 0.29) is 18.0 Å². The number of hydrogen-bond donors (Lipinski definition) is 1. The highest BCUT2D eigenvalue weighted by Crippen LogP contribution is 2.27. The number of ether oxygens (including phenoxy) is 1. The standard InChI is InChI=1S/C15H23NO2/c1-9-7-6-8-10(2)14(9)11(3)13(5)18-15(17)12(4)16/h6-8,11-13H,16H2,1-5H3/t11-,12-,13+/m0/s1. The van der Waals surface area contributed by atoms with Gasteiger partial charge in [-0.05, 0) is 44.4 Å². The van der Waals surface area contributed by atoms with Crippen molar-refractivity contribution < 1.29 is 9.53 Å². The summed E-state index contributed by atoms with van der Waals surface area (Å²) in [6.07, 6.45) is -0.178. The lowest BCUT2D eigenvalue weighted by atomic mass is 9.89. The van der Waals surface area contributed by atoms with Gasteiger partial charge in [-0.3, -0.25) is 4.79 Å². The Morgan fingerprint density at radius 1 is 1.17 bits per heavy atom. The molecule has 0 bridgehead atoms. The molecule has 0 saturated heterocycles. The fourth-order valence-electron chi connectivity index (χ4n) is 2.17. The first-order chi connectivity index (χ1) is 8.34. The summed E-state index contributed by atoms with van der Waals surface area (Å²) in [6.45, 7) is 9.79. The van der Waals surface area contributed by atoms with Crippen molar-refractivity contribution in [2.45, 2.75) is 52.7 Å². The second-order valence-electron chi connectivity index (χ2n) is 5.02. The molecule has 0 aliphatic heterocycles. The lowest BCUT2D eigenvalue weighted by molar-refractivity contribution is -0.150. The maximum Gasteiger partial charge on any atom is 0.322 e. The number of carbonyl (C=O) groups excluding carboxylic acids is 1. The maximum atomic E-state index is 11.5. The highest BCUT2D eigenvalue weighted by Gasteiger charge is 2.22. The minimum absolute atomic E-state index is 0.161. The van der Waals surface area contributed by atoms with Gasteiger partial charge >= 0.3 is 5.97 Å².